The molecule has 0 fully saturated rings. The molecule has 9 heteroatoms. The number of carbonyl (C=O) groups excluding carboxylic acids is 1. The van der Waals surface area contributed by atoms with Crippen LogP contribution in [-0.2, 0) is 0 Å². The van der Waals surface area contributed by atoms with Gasteiger partial charge in [0.2, 0.25) is 0 Å². The van der Waals surface area contributed by atoms with Crippen molar-refractivity contribution < 1.29 is 27.1 Å². The molecule has 3 aromatic rings. The van der Waals surface area contributed by atoms with Gasteiger partial charge in [0.15, 0.2) is 12.3 Å². The number of hydrogen-bond donors (Lipinski definition) is 1. The topological polar surface area (TPSA) is 56.1 Å². The first-order valence-electron chi connectivity index (χ1n) is 7.73. The highest BCUT2D eigenvalue weighted by Gasteiger charge is 2.28. The third-order valence-corrected chi connectivity index (χ3v) is 3.41. The summed E-state index contributed by atoms with van der Waals surface area (Å²) in [5, 5.41) is 6.65. The fourth-order valence-electron chi connectivity index (χ4n) is 2.20. The summed E-state index contributed by atoms with van der Waals surface area (Å²) in [7, 11) is 0. The average Bonchev–Trinajstić information content (AvgIpc) is 3.11. The molecule has 0 atom stereocenters. The van der Waals surface area contributed by atoms with Crippen molar-refractivity contribution in [3.63, 3.8) is 0 Å². The van der Waals surface area contributed by atoms with Crippen LogP contribution in [-0.4, -0.2) is 28.5 Å². The van der Waals surface area contributed by atoms with Crippen molar-refractivity contribution in [3.05, 3.63) is 72.3 Å². The summed E-state index contributed by atoms with van der Waals surface area (Å²) in [6.07, 6.45) is -2.91. The summed E-state index contributed by atoms with van der Waals surface area (Å²) < 4.78 is 55.6. The van der Waals surface area contributed by atoms with E-state index in [0.29, 0.717) is 11.4 Å². The van der Waals surface area contributed by atoms with Crippen LogP contribution in [0, 0.1) is 5.82 Å². The van der Waals surface area contributed by atoms with Crippen LogP contribution >= 0.6 is 0 Å². The van der Waals surface area contributed by atoms with Crippen molar-refractivity contribution in [2.75, 3.05) is 11.9 Å². The van der Waals surface area contributed by atoms with Gasteiger partial charge >= 0.3 is 6.18 Å². The van der Waals surface area contributed by atoms with Crippen molar-refractivity contribution in [1.82, 2.24) is 9.78 Å². The highest BCUT2D eigenvalue weighted by atomic mass is 19.4. The monoisotopic (exact) mass is 379 g/mol. The Morgan fingerprint density at radius 2 is 1.85 bits per heavy atom. The first-order chi connectivity index (χ1) is 12.8. The molecule has 27 heavy (non-hydrogen) atoms. The van der Waals surface area contributed by atoms with Crippen molar-refractivity contribution >= 4 is 11.6 Å². The number of amides is 1. The largest absolute Gasteiger partial charge is 0.484 e. The maximum absolute atomic E-state index is 13.3. The van der Waals surface area contributed by atoms with E-state index in [0.717, 1.165) is 0 Å². The Hall–Kier alpha value is -3.36. The molecule has 0 aliphatic rings. The zero-order valence-corrected chi connectivity index (χ0v) is 13.7. The lowest BCUT2D eigenvalue weighted by Crippen LogP contribution is -2.19. The lowest BCUT2D eigenvalue weighted by Gasteiger charge is -2.09. The van der Waals surface area contributed by atoms with Gasteiger partial charge in [-0.1, -0.05) is 6.07 Å². The molecule has 5 nitrogen and oxygen atoms in total. The molecule has 0 aliphatic heterocycles. The normalized spacial score (nSPS) is 11.3. The Kier molecular flexibility index (Phi) is 5.11. The standard InChI is InChI=1S/C18H13F4N3O2/c19-12-2-1-3-14(10-12)25-9-8-16(24-25)17(26)23-13-4-6-15(7-5-13)27-11-18(20,21)22/h1-10H,11H2,(H,23,26). The zero-order valence-electron chi connectivity index (χ0n) is 13.7. The number of nitrogens with one attached hydrogen (secondary N) is 1. The molecule has 0 aliphatic carbocycles. The zero-order chi connectivity index (χ0) is 19.4. The quantitative estimate of drug-likeness (QED) is 0.676. The minimum absolute atomic E-state index is 0.0284. The number of nitrogens with zero attached hydrogens (tertiary/aromatic N) is 2. The number of benzene rings is 2. The number of carbonyl (C=O) groups is 1. The van der Waals surface area contributed by atoms with Crippen molar-refractivity contribution in [2.45, 2.75) is 6.18 Å². The van der Waals surface area contributed by atoms with E-state index >= 15 is 0 Å². The molecule has 0 bridgehead atoms. The van der Waals surface area contributed by atoms with Crippen LogP contribution in [0.5, 0.6) is 5.75 Å². The SMILES string of the molecule is O=C(Nc1ccc(OCC(F)(F)F)cc1)c1ccn(-c2cccc(F)c2)n1. The Labute approximate surface area is 151 Å². The molecule has 0 spiro atoms. The molecule has 140 valence electrons. The van der Waals surface area contributed by atoms with E-state index in [2.05, 4.69) is 15.2 Å². The van der Waals surface area contributed by atoms with Crippen LogP contribution in [0.4, 0.5) is 23.2 Å². The van der Waals surface area contributed by atoms with E-state index in [1.54, 1.807) is 6.07 Å². The molecule has 1 amide bonds. The van der Waals surface area contributed by atoms with Crippen LogP contribution < -0.4 is 10.1 Å². The van der Waals surface area contributed by atoms with Crippen molar-refractivity contribution in [1.29, 1.82) is 0 Å². The second kappa shape index (κ2) is 7.48. The van der Waals surface area contributed by atoms with Crippen LogP contribution in [0.1, 0.15) is 10.5 Å². The van der Waals surface area contributed by atoms with Gasteiger partial charge in [-0.15, -0.1) is 0 Å². The summed E-state index contributed by atoms with van der Waals surface area (Å²) >= 11 is 0. The molecular formula is C18H13F4N3O2. The summed E-state index contributed by atoms with van der Waals surface area (Å²) in [6, 6.07) is 12.6. The van der Waals surface area contributed by atoms with E-state index in [4.69, 9.17) is 0 Å². The summed E-state index contributed by atoms with van der Waals surface area (Å²) in [5.74, 6) is -0.920. The summed E-state index contributed by atoms with van der Waals surface area (Å²) in [4.78, 5) is 12.2. The van der Waals surface area contributed by atoms with E-state index in [-0.39, 0.29) is 11.4 Å². The van der Waals surface area contributed by atoms with Crippen LogP contribution in [0.3, 0.4) is 0 Å². The Bertz CT molecular complexity index is 936. The van der Waals surface area contributed by atoms with E-state index in [1.807, 2.05) is 0 Å². The molecule has 0 unspecified atom stereocenters. The number of halogens is 4. The molecule has 1 aromatic heterocycles. The van der Waals surface area contributed by atoms with Crippen molar-refractivity contribution in [2.24, 2.45) is 0 Å². The highest BCUT2D eigenvalue weighted by molar-refractivity contribution is 6.02. The lowest BCUT2D eigenvalue weighted by molar-refractivity contribution is -0.153. The van der Waals surface area contributed by atoms with Crippen molar-refractivity contribution in [3.8, 4) is 11.4 Å². The van der Waals surface area contributed by atoms with E-state index in [1.165, 1.54) is 59.4 Å². The van der Waals surface area contributed by atoms with Gasteiger partial charge in [0.1, 0.15) is 11.6 Å². The van der Waals surface area contributed by atoms with Gasteiger partial charge in [-0.05, 0) is 48.5 Å². The fourth-order valence-corrected chi connectivity index (χ4v) is 2.20. The Morgan fingerprint density at radius 1 is 1.11 bits per heavy atom. The van der Waals surface area contributed by atoms with E-state index < -0.39 is 24.5 Å². The second-order valence-electron chi connectivity index (χ2n) is 5.51. The number of ether oxygens (including phenoxy) is 1. The second-order valence-corrected chi connectivity index (χ2v) is 5.51. The average molecular weight is 379 g/mol. The maximum Gasteiger partial charge on any atom is 0.422 e. The number of hydrogen-bond acceptors (Lipinski definition) is 3. The van der Waals surface area contributed by atoms with Gasteiger partial charge in [0, 0.05) is 11.9 Å². The lowest BCUT2D eigenvalue weighted by atomic mass is 10.3. The Balaban J connectivity index is 1.64. The number of aromatic nitrogens is 2. The molecular weight excluding hydrogens is 366 g/mol. The first kappa shape index (κ1) is 18.4. The summed E-state index contributed by atoms with van der Waals surface area (Å²) in [6.45, 7) is -1.39. The van der Waals surface area contributed by atoms with Gasteiger partial charge in [0.05, 0.1) is 5.69 Å². The van der Waals surface area contributed by atoms with Crippen LogP contribution in [0.15, 0.2) is 60.8 Å². The number of rotatable bonds is 5. The number of anilines is 1. The van der Waals surface area contributed by atoms with Crippen LogP contribution in [0.25, 0.3) is 5.69 Å². The minimum atomic E-state index is -4.42. The third kappa shape index (κ3) is 5.06. The Morgan fingerprint density at radius 3 is 2.52 bits per heavy atom. The molecule has 1 N–H and O–H groups in total. The molecule has 3 rings (SSSR count). The van der Waals surface area contributed by atoms with Crippen LogP contribution in [0.2, 0.25) is 0 Å². The minimum Gasteiger partial charge on any atom is -0.484 e. The maximum atomic E-state index is 13.3. The van der Waals surface area contributed by atoms with Gasteiger partial charge in [-0.25, -0.2) is 9.07 Å². The van der Waals surface area contributed by atoms with Gasteiger partial charge < -0.3 is 10.1 Å². The fraction of sp³-hybridized carbons (Fsp3) is 0.111. The van der Waals surface area contributed by atoms with Gasteiger partial charge in [0.25, 0.3) is 5.91 Å². The molecule has 0 saturated carbocycles. The predicted octanol–water partition coefficient (Wildman–Crippen LogP) is 4.20. The smallest absolute Gasteiger partial charge is 0.422 e. The van der Waals surface area contributed by atoms with Gasteiger partial charge in [-0.3, -0.25) is 4.79 Å². The molecule has 0 radical (unpaired) electrons. The molecule has 0 saturated heterocycles. The summed E-state index contributed by atoms with van der Waals surface area (Å²) in [5.41, 5.74) is 0.913. The third-order valence-electron chi connectivity index (χ3n) is 3.41. The first-order valence-corrected chi connectivity index (χ1v) is 7.73. The van der Waals surface area contributed by atoms with E-state index in [9.17, 15) is 22.4 Å². The highest BCUT2D eigenvalue weighted by Crippen LogP contribution is 2.20. The number of alkyl halides is 3. The van der Waals surface area contributed by atoms with Gasteiger partial charge in [-0.2, -0.15) is 18.3 Å². The molecule has 1 heterocycles. The molecule has 2 aromatic carbocycles. The predicted molar refractivity (Wildman–Crippen MR) is 89.5 cm³/mol.